The maximum absolute atomic E-state index is 9.09. The SMILES string of the molecule is CCN(Cc1ccc(CO)cc1)Cc1ccccc1CN. The average Bonchev–Trinajstić information content (AvgIpc) is 2.55. The van der Waals surface area contributed by atoms with Crippen LogP contribution in [0, 0.1) is 0 Å². The molecule has 0 atom stereocenters. The summed E-state index contributed by atoms with van der Waals surface area (Å²) in [6.45, 7) is 5.65. The van der Waals surface area contributed by atoms with Gasteiger partial charge in [0.2, 0.25) is 0 Å². The van der Waals surface area contributed by atoms with E-state index in [2.05, 4.69) is 42.2 Å². The standard InChI is InChI=1S/C18H24N2O/c1-2-20(12-15-7-9-16(14-21)10-8-15)13-18-6-4-3-5-17(18)11-19/h3-10,21H,2,11-14,19H2,1H3. The first-order valence-electron chi connectivity index (χ1n) is 7.44. The molecule has 2 rings (SSSR count). The van der Waals surface area contributed by atoms with Gasteiger partial charge in [-0.2, -0.15) is 0 Å². The van der Waals surface area contributed by atoms with Gasteiger partial charge in [0, 0.05) is 19.6 Å². The van der Waals surface area contributed by atoms with Gasteiger partial charge in [0.05, 0.1) is 6.61 Å². The van der Waals surface area contributed by atoms with Crippen LogP contribution in [0.5, 0.6) is 0 Å². The predicted octanol–water partition coefficient (Wildman–Crippen LogP) is 2.66. The first-order valence-corrected chi connectivity index (χ1v) is 7.44. The van der Waals surface area contributed by atoms with Crippen LogP contribution < -0.4 is 5.73 Å². The van der Waals surface area contributed by atoms with Crippen molar-refractivity contribution in [2.45, 2.75) is 33.2 Å². The number of hydrogen-bond donors (Lipinski definition) is 2. The van der Waals surface area contributed by atoms with Crippen LogP contribution in [-0.4, -0.2) is 16.6 Å². The van der Waals surface area contributed by atoms with Gasteiger partial charge in [0.1, 0.15) is 0 Å². The summed E-state index contributed by atoms with van der Waals surface area (Å²) in [5.41, 5.74) is 10.5. The van der Waals surface area contributed by atoms with Gasteiger partial charge in [-0.3, -0.25) is 4.90 Å². The lowest BCUT2D eigenvalue weighted by Crippen LogP contribution is -2.23. The summed E-state index contributed by atoms with van der Waals surface area (Å²) >= 11 is 0. The van der Waals surface area contributed by atoms with Crippen molar-refractivity contribution in [3.63, 3.8) is 0 Å². The molecule has 2 aromatic rings. The predicted molar refractivity (Wildman–Crippen MR) is 86.5 cm³/mol. The van der Waals surface area contributed by atoms with Gasteiger partial charge in [-0.05, 0) is 28.8 Å². The Morgan fingerprint density at radius 1 is 0.905 bits per heavy atom. The molecule has 3 nitrogen and oxygen atoms in total. The highest BCUT2D eigenvalue weighted by Gasteiger charge is 2.07. The molecule has 0 saturated carbocycles. The van der Waals surface area contributed by atoms with Crippen LogP contribution in [0.3, 0.4) is 0 Å². The van der Waals surface area contributed by atoms with Crippen molar-refractivity contribution in [2.75, 3.05) is 6.54 Å². The van der Waals surface area contributed by atoms with Gasteiger partial charge in [-0.15, -0.1) is 0 Å². The van der Waals surface area contributed by atoms with Gasteiger partial charge in [0.15, 0.2) is 0 Å². The molecule has 0 fully saturated rings. The maximum atomic E-state index is 9.09. The van der Waals surface area contributed by atoms with Crippen molar-refractivity contribution < 1.29 is 5.11 Å². The fourth-order valence-electron chi connectivity index (χ4n) is 2.44. The summed E-state index contributed by atoms with van der Waals surface area (Å²) in [4.78, 5) is 2.39. The summed E-state index contributed by atoms with van der Waals surface area (Å²) in [7, 11) is 0. The number of benzene rings is 2. The summed E-state index contributed by atoms with van der Waals surface area (Å²) in [6.07, 6.45) is 0. The normalized spacial score (nSPS) is 11.0. The number of nitrogens with two attached hydrogens (primary N) is 1. The van der Waals surface area contributed by atoms with Gasteiger partial charge in [-0.25, -0.2) is 0 Å². The highest BCUT2D eigenvalue weighted by atomic mass is 16.3. The molecule has 3 heteroatoms. The molecule has 0 aliphatic rings. The third-order valence-electron chi connectivity index (χ3n) is 3.79. The summed E-state index contributed by atoms with van der Waals surface area (Å²) in [6, 6.07) is 16.5. The second-order valence-electron chi connectivity index (χ2n) is 5.25. The molecule has 3 N–H and O–H groups in total. The molecule has 0 heterocycles. The first-order chi connectivity index (χ1) is 10.3. The lowest BCUT2D eigenvalue weighted by atomic mass is 10.1. The van der Waals surface area contributed by atoms with Crippen molar-refractivity contribution in [1.82, 2.24) is 4.90 Å². The average molecular weight is 284 g/mol. The Morgan fingerprint density at radius 3 is 2.10 bits per heavy atom. The smallest absolute Gasteiger partial charge is 0.0681 e. The topological polar surface area (TPSA) is 49.5 Å². The fourth-order valence-corrected chi connectivity index (χ4v) is 2.44. The van der Waals surface area contributed by atoms with Crippen molar-refractivity contribution in [3.8, 4) is 0 Å². The van der Waals surface area contributed by atoms with E-state index in [9.17, 15) is 0 Å². The third kappa shape index (κ3) is 4.39. The van der Waals surface area contributed by atoms with E-state index in [-0.39, 0.29) is 6.61 Å². The Kier molecular flexibility index (Phi) is 5.93. The van der Waals surface area contributed by atoms with Gasteiger partial charge in [0.25, 0.3) is 0 Å². The van der Waals surface area contributed by atoms with Crippen LogP contribution in [0.1, 0.15) is 29.2 Å². The lowest BCUT2D eigenvalue weighted by Gasteiger charge is -2.22. The number of nitrogens with zero attached hydrogens (tertiary/aromatic N) is 1. The second-order valence-corrected chi connectivity index (χ2v) is 5.25. The monoisotopic (exact) mass is 284 g/mol. The van der Waals surface area contributed by atoms with E-state index in [1.807, 2.05) is 18.2 Å². The minimum absolute atomic E-state index is 0.0989. The van der Waals surface area contributed by atoms with E-state index in [1.54, 1.807) is 0 Å². The van der Waals surface area contributed by atoms with Crippen molar-refractivity contribution in [3.05, 3.63) is 70.8 Å². The zero-order valence-corrected chi connectivity index (χ0v) is 12.6. The molecule has 0 bridgehead atoms. The van der Waals surface area contributed by atoms with Gasteiger partial charge < -0.3 is 10.8 Å². The van der Waals surface area contributed by atoms with Gasteiger partial charge >= 0.3 is 0 Å². The molecule has 0 aliphatic heterocycles. The molecule has 0 unspecified atom stereocenters. The summed E-state index contributed by atoms with van der Waals surface area (Å²) < 4.78 is 0. The summed E-state index contributed by atoms with van der Waals surface area (Å²) in [5.74, 6) is 0. The van der Waals surface area contributed by atoms with Crippen LogP contribution in [0.15, 0.2) is 48.5 Å². The minimum atomic E-state index is 0.0989. The Hall–Kier alpha value is -1.68. The molecule has 0 saturated heterocycles. The molecule has 2 aromatic carbocycles. The lowest BCUT2D eigenvalue weighted by molar-refractivity contribution is 0.270. The highest BCUT2D eigenvalue weighted by molar-refractivity contribution is 5.27. The Bertz CT molecular complexity index is 551. The maximum Gasteiger partial charge on any atom is 0.0681 e. The molecular formula is C18H24N2O. The largest absolute Gasteiger partial charge is 0.392 e. The molecule has 0 spiro atoms. The van der Waals surface area contributed by atoms with E-state index in [1.165, 1.54) is 16.7 Å². The van der Waals surface area contributed by atoms with Crippen LogP contribution in [0.2, 0.25) is 0 Å². The minimum Gasteiger partial charge on any atom is -0.392 e. The van der Waals surface area contributed by atoms with Gasteiger partial charge in [-0.1, -0.05) is 55.5 Å². The van der Waals surface area contributed by atoms with Crippen LogP contribution in [0.25, 0.3) is 0 Å². The van der Waals surface area contributed by atoms with E-state index in [0.717, 1.165) is 25.2 Å². The molecule has 0 radical (unpaired) electrons. The molecule has 0 amide bonds. The fraction of sp³-hybridized carbons (Fsp3) is 0.333. The van der Waals surface area contributed by atoms with E-state index < -0.39 is 0 Å². The summed E-state index contributed by atoms with van der Waals surface area (Å²) in [5, 5.41) is 9.09. The van der Waals surface area contributed by atoms with E-state index in [0.29, 0.717) is 6.54 Å². The molecule has 112 valence electrons. The van der Waals surface area contributed by atoms with Crippen LogP contribution in [0.4, 0.5) is 0 Å². The first kappa shape index (κ1) is 15.7. The second kappa shape index (κ2) is 7.93. The number of hydrogen-bond acceptors (Lipinski definition) is 3. The van der Waals surface area contributed by atoms with Crippen molar-refractivity contribution >= 4 is 0 Å². The Morgan fingerprint density at radius 2 is 1.52 bits per heavy atom. The highest BCUT2D eigenvalue weighted by Crippen LogP contribution is 2.14. The zero-order valence-electron chi connectivity index (χ0n) is 12.6. The van der Waals surface area contributed by atoms with Crippen molar-refractivity contribution in [1.29, 1.82) is 0 Å². The molecule has 0 aliphatic carbocycles. The molecule has 21 heavy (non-hydrogen) atoms. The van der Waals surface area contributed by atoms with E-state index in [4.69, 9.17) is 10.8 Å². The number of aliphatic hydroxyl groups is 1. The Labute approximate surface area is 127 Å². The van der Waals surface area contributed by atoms with Crippen LogP contribution in [-0.2, 0) is 26.2 Å². The third-order valence-corrected chi connectivity index (χ3v) is 3.79. The Balaban J connectivity index is 2.05. The van der Waals surface area contributed by atoms with E-state index >= 15 is 0 Å². The van der Waals surface area contributed by atoms with Crippen molar-refractivity contribution in [2.24, 2.45) is 5.73 Å². The zero-order chi connectivity index (χ0) is 15.1. The quantitative estimate of drug-likeness (QED) is 0.822. The molecule has 0 aromatic heterocycles. The number of rotatable bonds is 7. The van der Waals surface area contributed by atoms with Crippen LogP contribution >= 0.6 is 0 Å². The number of aliphatic hydroxyl groups excluding tert-OH is 1. The molecular weight excluding hydrogens is 260 g/mol.